The maximum Gasteiger partial charge on any atom is 0.321 e. The van der Waals surface area contributed by atoms with E-state index in [0.717, 1.165) is 5.69 Å². The fourth-order valence-corrected chi connectivity index (χ4v) is 1.71. The van der Waals surface area contributed by atoms with Crippen molar-refractivity contribution >= 4 is 29.0 Å². The Morgan fingerprint density at radius 2 is 2.21 bits per heavy atom. The second-order valence-electron chi connectivity index (χ2n) is 3.13. The Hall–Kier alpha value is -1.42. The van der Waals surface area contributed by atoms with Gasteiger partial charge in [0, 0.05) is 29.5 Å². The Bertz CT molecular complexity index is 360. The van der Waals surface area contributed by atoms with Gasteiger partial charge >= 0.3 is 6.03 Å². The van der Waals surface area contributed by atoms with Crippen molar-refractivity contribution in [1.29, 1.82) is 0 Å². The van der Waals surface area contributed by atoms with Gasteiger partial charge in [-0.1, -0.05) is 11.6 Å². The molecule has 1 aliphatic heterocycles. The molecule has 3 N–H and O–H groups in total. The number of anilines is 2. The minimum Gasteiger partial charge on any atom is -0.399 e. The molecule has 1 aliphatic rings. The number of nitrogen functional groups attached to an aromatic ring is 1. The van der Waals surface area contributed by atoms with Crippen LogP contribution in [0.3, 0.4) is 0 Å². The van der Waals surface area contributed by atoms with Crippen LogP contribution in [0.5, 0.6) is 0 Å². The third-order valence-electron chi connectivity index (χ3n) is 2.07. The van der Waals surface area contributed by atoms with Crippen LogP contribution >= 0.6 is 11.6 Å². The van der Waals surface area contributed by atoms with E-state index in [9.17, 15) is 4.79 Å². The van der Waals surface area contributed by atoms with Crippen molar-refractivity contribution in [2.24, 2.45) is 0 Å². The Morgan fingerprint density at radius 1 is 1.43 bits per heavy atom. The highest BCUT2D eigenvalue weighted by atomic mass is 35.5. The number of nitrogens with zero attached hydrogens (tertiary/aromatic N) is 1. The zero-order chi connectivity index (χ0) is 10.1. The highest BCUT2D eigenvalue weighted by Crippen LogP contribution is 2.24. The van der Waals surface area contributed by atoms with E-state index in [2.05, 4.69) is 5.32 Å². The lowest BCUT2D eigenvalue weighted by molar-refractivity contribution is 0.252. The summed E-state index contributed by atoms with van der Waals surface area (Å²) in [5, 5.41) is 3.25. The van der Waals surface area contributed by atoms with E-state index >= 15 is 0 Å². The molecule has 0 radical (unpaired) electrons. The number of carbonyl (C=O) groups excluding carboxylic acids is 1. The molecule has 0 aliphatic carbocycles. The molecule has 1 aromatic carbocycles. The second-order valence-corrected chi connectivity index (χ2v) is 3.56. The van der Waals surface area contributed by atoms with Crippen molar-refractivity contribution in [2.45, 2.75) is 0 Å². The lowest BCUT2D eigenvalue weighted by Crippen LogP contribution is -2.27. The molecule has 0 atom stereocenters. The number of nitrogens with one attached hydrogen (secondary N) is 1. The molecule has 0 spiro atoms. The minimum absolute atomic E-state index is 0.105. The largest absolute Gasteiger partial charge is 0.399 e. The number of hydrogen-bond donors (Lipinski definition) is 2. The highest BCUT2D eigenvalue weighted by Gasteiger charge is 2.21. The average Bonchev–Trinajstić information content (AvgIpc) is 2.49. The van der Waals surface area contributed by atoms with Crippen LogP contribution in [0.2, 0.25) is 5.02 Å². The van der Waals surface area contributed by atoms with Crippen molar-refractivity contribution in [3.63, 3.8) is 0 Å². The molecule has 1 fully saturated rings. The van der Waals surface area contributed by atoms with Gasteiger partial charge in [-0.25, -0.2) is 4.79 Å². The molecule has 2 amide bonds. The summed E-state index contributed by atoms with van der Waals surface area (Å²) in [5.41, 5.74) is 6.93. The van der Waals surface area contributed by atoms with Gasteiger partial charge in [0.1, 0.15) is 0 Å². The molecular weight excluding hydrogens is 202 g/mol. The lowest BCUT2D eigenvalue weighted by atomic mass is 10.2. The number of halogens is 1. The van der Waals surface area contributed by atoms with Crippen molar-refractivity contribution in [3.8, 4) is 0 Å². The standard InChI is InChI=1S/C9H10ClN3O/c10-6-3-7(11)5-8(4-6)13-2-1-12-9(13)14/h3-5H,1-2,11H2,(H,12,14). The molecule has 0 aromatic heterocycles. The molecule has 74 valence electrons. The molecule has 1 heterocycles. The quantitative estimate of drug-likeness (QED) is 0.691. The first-order chi connectivity index (χ1) is 6.66. The summed E-state index contributed by atoms with van der Waals surface area (Å²) in [5.74, 6) is 0. The van der Waals surface area contributed by atoms with E-state index in [1.165, 1.54) is 0 Å². The monoisotopic (exact) mass is 211 g/mol. The molecular formula is C9H10ClN3O. The van der Waals surface area contributed by atoms with Crippen LogP contribution in [-0.2, 0) is 0 Å². The van der Waals surface area contributed by atoms with Gasteiger partial charge < -0.3 is 11.1 Å². The Kier molecular flexibility index (Phi) is 2.21. The maximum atomic E-state index is 11.3. The number of nitrogens with two attached hydrogens (primary N) is 1. The number of rotatable bonds is 1. The van der Waals surface area contributed by atoms with Crippen LogP contribution in [0.4, 0.5) is 16.2 Å². The third-order valence-corrected chi connectivity index (χ3v) is 2.29. The lowest BCUT2D eigenvalue weighted by Gasteiger charge is -2.14. The summed E-state index contributed by atoms with van der Waals surface area (Å²) in [6, 6.07) is 5.00. The van der Waals surface area contributed by atoms with Gasteiger partial charge in [0.05, 0.1) is 0 Å². The smallest absolute Gasteiger partial charge is 0.321 e. The zero-order valence-corrected chi connectivity index (χ0v) is 8.21. The molecule has 2 rings (SSSR count). The fraction of sp³-hybridized carbons (Fsp3) is 0.222. The van der Waals surface area contributed by atoms with E-state index in [4.69, 9.17) is 17.3 Å². The van der Waals surface area contributed by atoms with Gasteiger partial charge in [0.2, 0.25) is 0 Å². The Balaban J connectivity index is 2.35. The predicted octanol–water partition coefficient (Wildman–Crippen LogP) is 1.45. The highest BCUT2D eigenvalue weighted by molar-refractivity contribution is 6.31. The summed E-state index contributed by atoms with van der Waals surface area (Å²) in [6.45, 7) is 1.31. The van der Waals surface area contributed by atoms with Crippen LogP contribution in [0.15, 0.2) is 18.2 Å². The molecule has 1 saturated heterocycles. The van der Waals surface area contributed by atoms with Crippen molar-refractivity contribution in [1.82, 2.24) is 5.32 Å². The number of urea groups is 1. The van der Waals surface area contributed by atoms with Crippen LogP contribution < -0.4 is 16.0 Å². The first kappa shape index (κ1) is 9.15. The molecule has 5 heteroatoms. The number of hydrogen-bond acceptors (Lipinski definition) is 2. The van der Waals surface area contributed by atoms with Crippen LogP contribution in [0.1, 0.15) is 0 Å². The molecule has 4 nitrogen and oxygen atoms in total. The third kappa shape index (κ3) is 1.61. The number of benzene rings is 1. The number of carbonyl (C=O) groups is 1. The molecule has 0 saturated carbocycles. The topological polar surface area (TPSA) is 58.4 Å². The van der Waals surface area contributed by atoms with Gasteiger partial charge in [-0.3, -0.25) is 4.90 Å². The predicted molar refractivity (Wildman–Crippen MR) is 56.6 cm³/mol. The first-order valence-corrected chi connectivity index (χ1v) is 4.66. The van der Waals surface area contributed by atoms with E-state index in [-0.39, 0.29) is 6.03 Å². The number of amides is 2. The second kappa shape index (κ2) is 3.38. The summed E-state index contributed by atoms with van der Waals surface area (Å²) < 4.78 is 0. The summed E-state index contributed by atoms with van der Waals surface area (Å²) in [6.07, 6.45) is 0. The van der Waals surface area contributed by atoms with E-state index in [0.29, 0.717) is 23.8 Å². The summed E-state index contributed by atoms with van der Waals surface area (Å²) >= 11 is 5.84. The van der Waals surface area contributed by atoms with Crippen molar-refractivity contribution in [2.75, 3.05) is 23.7 Å². The summed E-state index contributed by atoms with van der Waals surface area (Å²) in [7, 11) is 0. The SMILES string of the molecule is Nc1cc(Cl)cc(N2CCNC2=O)c1. The van der Waals surface area contributed by atoms with Crippen molar-refractivity contribution < 1.29 is 4.79 Å². The van der Waals surface area contributed by atoms with Gasteiger partial charge in [0.15, 0.2) is 0 Å². The van der Waals surface area contributed by atoms with Gasteiger partial charge in [-0.15, -0.1) is 0 Å². The van der Waals surface area contributed by atoms with Crippen LogP contribution in [0, 0.1) is 0 Å². The Morgan fingerprint density at radius 3 is 2.79 bits per heavy atom. The molecule has 1 aromatic rings. The van der Waals surface area contributed by atoms with Gasteiger partial charge in [-0.05, 0) is 18.2 Å². The van der Waals surface area contributed by atoms with Gasteiger partial charge in [-0.2, -0.15) is 0 Å². The molecule has 0 unspecified atom stereocenters. The maximum absolute atomic E-state index is 11.3. The molecule has 0 bridgehead atoms. The van der Waals surface area contributed by atoms with Crippen LogP contribution in [-0.4, -0.2) is 19.1 Å². The van der Waals surface area contributed by atoms with E-state index in [1.54, 1.807) is 23.1 Å². The first-order valence-electron chi connectivity index (χ1n) is 4.28. The Labute approximate surface area is 86.6 Å². The van der Waals surface area contributed by atoms with Crippen LogP contribution in [0.25, 0.3) is 0 Å². The average molecular weight is 212 g/mol. The minimum atomic E-state index is -0.105. The van der Waals surface area contributed by atoms with Crippen molar-refractivity contribution in [3.05, 3.63) is 23.2 Å². The molecule has 14 heavy (non-hydrogen) atoms. The zero-order valence-electron chi connectivity index (χ0n) is 7.46. The fourth-order valence-electron chi connectivity index (χ4n) is 1.47. The van der Waals surface area contributed by atoms with E-state index in [1.807, 2.05) is 0 Å². The summed E-state index contributed by atoms with van der Waals surface area (Å²) in [4.78, 5) is 12.9. The van der Waals surface area contributed by atoms with Gasteiger partial charge in [0.25, 0.3) is 0 Å². The van der Waals surface area contributed by atoms with E-state index < -0.39 is 0 Å². The normalized spacial score (nSPS) is 15.8.